The van der Waals surface area contributed by atoms with Crippen LogP contribution in [0.1, 0.15) is 31.7 Å². The van der Waals surface area contributed by atoms with Crippen molar-refractivity contribution >= 4 is 34.7 Å². The quantitative estimate of drug-likeness (QED) is 0.517. The van der Waals surface area contributed by atoms with Crippen molar-refractivity contribution in [3.05, 3.63) is 47.9 Å². The highest BCUT2D eigenvalue weighted by Crippen LogP contribution is 2.27. The zero-order valence-electron chi connectivity index (χ0n) is 15.3. The van der Waals surface area contributed by atoms with E-state index in [1.54, 1.807) is 13.1 Å². The van der Waals surface area contributed by atoms with Crippen molar-refractivity contribution < 1.29 is 14.3 Å². The van der Waals surface area contributed by atoms with Crippen LogP contribution in [-0.4, -0.2) is 40.7 Å². The Morgan fingerprint density at radius 3 is 2.50 bits per heavy atom. The predicted octanol–water partition coefficient (Wildman–Crippen LogP) is 3.59. The molecule has 2 rings (SSSR count). The molecule has 0 amide bonds. The Morgan fingerprint density at radius 1 is 1.15 bits per heavy atom. The zero-order chi connectivity index (χ0) is 18.9. The maximum Gasteiger partial charge on any atom is 0.307 e. The van der Waals surface area contributed by atoms with E-state index in [-0.39, 0.29) is 12.4 Å². The minimum absolute atomic E-state index is 0.229. The molecule has 0 saturated carbocycles. The van der Waals surface area contributed by atoms with Gasteiger partial charge in [-0.3, -0.25) is 4.79 Å². The Bertz CT molecular complexity index is 753. The first-order chi connectivity index (χ1) is 12.6. The van der Waals surface area contributed by atoms with E-state index in [2.05, 4.69) is 9.97 Å². The van der Waals surface area contributed by atoms with Gasteiger partial charge in [-0.2, -0.15) is 0 Å². The second-order valence-corrected chi connectivity index (χ2v) is 5.79. The number of aryl methyl sites for hydroxylation is 1. The van der Waals surface area contributed by atoms with E-state index in [0.29, 0.717) is 42.0 Å². The fourth-order valence-electron chi connectivity index (χ4n) is 2.42. The van der Waals surface area contributed by atoms with E-state index >= 15 is 0 Å². The van der Waals surface area contributed by atoms with Gasteiger partial charge >= 0.3 is 5.97 Å². The number of hydrogen-bond donors (Lipinski definition) is 0. The van der Waals surface area contributed by atoms with E-state index in [4.69, 9.17) is 21.7 Å². The third-order valence-electron chi connectivity index (χ3n) is 3.55. The number of carbonyl (C=O) groups excluding carboxylic acids is 1. The first-order valence-electron chi connectivity index (χ1n) is 8.55. The second-order valence-electron chi connectivity index (χ2n) is 5.42. The summed E-state index contributed by atoms with van der Waals surface area (Å²) in [6.45, 7) is 6.69. The summed E-state index contributed by atoms with van der Waals surface area (Å²) in [5, 5.41) is 0.333. The molecule has 1 heterocycles. The molecule has 2 aromatic rings. The Kier molecular flexibility index (Phi) is 7.47. The lowest BCUT2D eigenvalue weighted by Crippen LogP contribution is -2.25. The van der Waals surface area contributed by atoms with Crippen LogP contribution in [0.4, 0.5) is 11.5 Å². The number of aromatic nitrogens is 2. The standard InChI is InChI=1S/C19H23N3O3S/c1-4-24-17(23)11-12-22(15-9-7-6-8-10-15)18-16(19(26)25-5-2)13-20-14(3)21-18/h6-10,13H,4-5,11-12H2,1-3H3. The summed E-state index contributed by atoms with van der Waals surface area (Å²) in [6.07, 6.45) is 1.89. The van der Waals surface area contributed by atoms with E-state index < -0.39 is 0 Å². The molecule has 6 nitrogen and oxygen atoms in total. The molecule has 1 aromatic carbocycles. The molecular formula is C19H23N3O3S. The summed E-state index contributed by atoms with van der Waals surface area (Å²) >= 11 is 5.38. The number of nitrogens with zero attached hydrogens (tertiary/aromatic N) is 3. The van der Waals surface area contributed by atoms with Gasteiger partial charge < -0.3 is 14.4 Å². The molecule has 0 radical (unpaired) electrons. The number of para-hydroxylation sites is 1. The maximum atomic E-state index is 11.9. The summed E-state index contributed by atoms with van der Waals surface area (Å²) in [4.78, 5) is 22.6. The van der Waals surface area contributed by atoms with Crippen LogP contribution in [-0.2, 0) is 14.3 Å². The normalized spacial score (nSPS) is 10.3. The highest BCUT2D eigenvalue weighted by atomic mass is 32.1. The SMILES string of the molecule is CCOC(=O)CCN(c1ccccc1)c1nc(C)ncc1C(=S)OCC. The fraction of sp³-hybridized carbons (Fsp3) is 0.368. The van der Waals surface area contributed by atoms with Gasteiger partial charge in [-0.1, -0.05) is 18.2 Å². The molecule has 0 bridgehead atoms. The lowest BCUT2D eigenvalue weighted by atomic mass is 10.2. The largest absolute Gasteiger partial charge is 0.483 e. The van der Waals surface area contributed by atoms with Crippen molar-refractivity contribution in [3.8, 4) is 0 Å². The Balaban J connectivity index is 2.43. The minimum atomic E-state index is -0.256. The molecular weight excluding hydrogens is 350 g/mol. The van der Waals surface area contributed by atoms with E-state index in [9.17, 15) is 4.79 Å². The van der Waals surface area contributed by atoms with Crippen molar-refractivity contribution in [2.45, 2.75) is 27.2 Å². The van der Waals surface area contributed by atoms with Crippen LogP contribution in [0.2, 0.25) is 0 Å². The van der Waals surface area contributed by atoms with Crippen molar-refractivity contribution in [1.82, 2.24) is 9.97 Å². The van der Waals surface area contributed by atoms with Crippen LogP contribution < -0.4 is 4.90 Å². The smallest absolute Gasteiger partial charge is 0.307 e. The Morgan fingerprint density at radius 2 is 1.85 bits per heavy atom. The lowest BCUT2D eigenvalue weighted by Gasteiger charge is -2.26. The van der Waals surface area contributed by atoms with Gasteiger partial charge in [0, 0.05) is 18.4 Å². The van der Waals surface area contributed by atoms with Gasteiger partial charge in [0.15, 0.2) is 5.05 Å². The van der Waals surface area contributed by atoms with Gasteiger partial charge in [-0.25, -0.2) is 9.97 Å². The molecule has 1 aromatic heterocycles. The third-order valence-corrected chi connectivity index (χ3v) is 3.89. The molecule has 138 valence electrons. The minimum Gasteiger partial charge on any atom is -0.483 e. The number of anilines is 2. The maximum absolute atomic E-state index is 11.9. The fourth-order valence-corrected chi connectivity index (χ4v) is 2.68. The number of esters is 1. The average molecular weight is 373 g/mol. The highest BCUT2D eigenvalue weighted by Gasteiger charge is 2.20. The molecule has 0 aliphatic rings. The molecule has 0 N–H and O–H groups in total. The monoisotopic (exact) mass is 373 g/mol. The van der Waals surface area contributed by atoms with Crippen molar-refractivity contribution in [2.24, 2.45) is 0 Å². The topological polar surface area (TPSA) is 64.5 Å². The van der Waals surface area contributed by atoms with Crippen LogP contribution >= 0.6 is 12.2 Å². The van der Waals surface area contributed by atoms with E-state index in [1.807, 2.05) is 49.1 Å². The average Bonchev–Trinajstić information content (AvgIpc) is 2.63. The predicted molar refractivity (Wildman–Crippen MR) is 105 cm³/mol. The van der Waals surface area contributed by atoms with Gasteiger partial charge in [0.25, 0.3) is 0 Å². The molecule has 0 unspecified atom stereocenters. The van der Waals surface area contributed by atoms with Crippen LogP contribution in [0.3, 0.4) is 0 Å². The van der Waals surface area contributed by atoms with Crippen molar-refractivity contribution in [1.29, 1.82) is 0 Å². The summed E-state index contributed by atoms with van der Waals surface area (Å²) in [5.74, 6) is 0.972. The van der Waals surface area contributed by atoms with E-state index in [1.165, 1.54) is 0 Å². The first-order valence-corrected chi connectivity index (χ1v) is 8.96. The van der Waals surface area contributed by atoms with Crippen molar-refractivity contribution in [2.75, 3.05) is 24.7 Å². The molecule has 26 heavy (non-hydrogen) atoms. The summed E-state index contributed by atoms with van der Waals surface area (Å²) in [7, 11) is 0. The zero-order valence-corrected chi connectivity index (χ0v) is 16.1. The molecule has 0 spiro atoms. The first kappa shape index (κ1) is 19.8. The number of carbonyl (C=O) groups is 1. The van der Waals surface area contributed by atoms with Crippen LogP contribution in [0.25, 0.3) is 0 Å². The summed E-state index contributed by atoms with van der Waals surface area (Å²) in [6, 6.07) is 9.71. The molecule has 7 heteroatoms. The summed E-state index contributed by atoms with van der Waals surface area (Å²) in [5.41, 5.74) is 1.52. The van der Waals surface area contributed by atoms with Gasteiger partial charge in [0.2, 0.25) is 0 Å². The van der Waals surface area contributed by atoms with Crippen LogP contribution in [0.15, 0.2) is 36.5 Å². The lowest BCUT2D eigenvalue weighted by molar-refractivity contribution is -0.142. The Hall–Kier alpha value is -2.54. The molecule has 0 aliphatic carbocycles. The van der Waals surface area contributed by atoms with E-state index in [0.717, 1.165) is 5.69 Å². The molecule has 0 fully saturated rings. The van der Waals surface area contributed by atoms with Crippen LogP contribution in [0, 0.1) is 6.92 Å². The molecule has 0 atom stereocenters. The number of ether oxygens (including phenoxy) is 2. The van der Waals surface area contributed by atoms with Gasteiger partial charge in [-0.15, -0.1) is 0 Å². The second kappa shape index (κ2) is 9.82. The van der Waals surface area contributed by atoms with Gasteiger partial charge in [-0.05, 0) is 45.1 Å². The number of benzene rings is 1. The van der Waals surface area contributed by atoms with Crippen molar-refractivity contribution in [3.63, 3.8) is 0 Å². The highest BCUT2D eigenvalue weighted by molar-refractivity contribution is 7.80. The van der Waals surface area contributed by atoms with Gasteiger partial charge in [0.05, 0.1) is 25.2 Å². The van der Waals surface area contributed by atoms with Gasteiger partial charge in [0.1, 0.15) is 11.6 Å². The number of hydrogen-bond acceptors (Lipinski definition) is 7. The Labute approximate surface area is 159 Å². The molecule has 0 aliphatic heterocycles. The number of rotatable bonds is 8. The summed E-state index contributed by atoms with van der Waals surface area (Å²) < 4.78 is 10.5. The number of thiocarbonyl (C=S) groups is 1. The third kappa shape index (κ3) is 5.23. The molecule has 0 saturated heterocycles. The van der Waals surface area contributed by atoms with Crippen LogP contribution in [0.5, 0.6) is 0 Å².